The number of amides is 2. The topological polar surface area (TPSA) is 67.2 Å². The van der Waals surface area contributed by atoms with Crippen LogP contribution in [0.2, 0.25) is 0 Å². The Morgan fingerprint density at radius 1 is 1.03 bits per heavy atom. The van der Waals surface area contributed by atoms with Gasteiger partial charge < -0.3 is 10.2 Å². The molecule has 0 bridgehead atoms. The second-order valence-corrected chi connectivity index (χ2v) is 7.98. The molecule has 1 aromatic heterocycles. The number of nitrogens with one attached hydrogen (secondary N) is 1. The molecule has 0 saturated carbocycles. The number of aromatic nitrogens is 2. The van der Waals surface area contributed by atoms with Gasteiger partial charge >= 0.3 is 0 Å². The standard InChI is InChI=1S/C24H24N4O2/c1-27-23(16-7-3-2-4-8-16)18-11-13-28(14-12-21(18)26-27)24(30)19-15-22(29)25-20-10-6-5-9-17(19)20/h2-10,19H,11-15H2,1H3,(H,25,29). The first kappa shape index (κ1) is 18.6. The molecule has 2 amide bonds. The normalized spacial score (nSPS) is 18.2. The monoisotopic (exact) mass is 400 g/mol. The highest BCUT2D eigenvalue weighted by molar-refractivity contribution is 6.01. The maximum Gasteiger partial charge on any atom is 0.230 e. The molecule has 1 atom stereocenters. The molecule has 2 aliphatic heterocycles. The predicted molar refractivity (Wildman–Crippen MR) is 115 cm³/mol. The molecule has 3 heterocycles. The van der Waals surface area contributed by atoms with E-state index in [1.54, 1.807) is 0 Å². The fourth-order valence-electron chi connectivity index (χ4n) is 4.72. The minimum Gasteiger partial charge on any atom is -0.341 e. The Morgan fingerprint density at radius 2 is 1.77 bits per heavy atom. The maximum absolute atomic E-state index is 13.4. The summed E-state index contributed by atoms with van der Waals surface area (Å²) in [6, 6.07) is 17.9. The number of carbonyl (C=O) groups excluding carboxylic acids is 2. The molecule has 6 nitrogen and oxygen atoms in total. The van der Waals surface area contributed by atoms with E-state index in [9.17, 15) is 9.59 Å². The summed E-state index contributed by atoms with van der Waals surface area (Å²) in [6.07, 6.45) is 1.69. The fourth-order valence-corrected chi connectivity index (χ4v) is 4.72. The number of benzene rings is 2. The van der Waals surface area contributed by atoms with Crippen LogP contribution in [-0.2, 0) is 29.5 Å². The molecule has 2 aliphatic rings. The largest absolute Gasteiger partial charge is 0.341 e. The fraction of sp³-hybridized carbons (Fsp3) is 0.292. The molecule has 1 unspecified atom stereocenters. The summed E-state index contributed by atoms with van der Waals surface area (Å²) >= 11 is 0. The number of carbonyl (C=O) groups is 2. The Balaban J connectivity index is 1.41. The van der Waals surface area contributed by atoms with E-state index in [2.05, 4.69) is 17.4 Å². The Bertz CT molecular complexity index is 1120. The third-order valence-electron chi connectivity index (χ3n) is 6.14. The number of rotatable bonds is 2. The third-order valence-corrected chi connectivity index (χ3v) is 6.14. The average molecular weight is 400 g/mol. The lowest BCUT2D eigenvalue weighted by Gasteiger charge is -2.30. The van der Waals surface area contributed by atoms with Crippen LogP contribution >= 0.6 is 0 Å². The minimum atomic E-state index is -0.417. The molecule has 0 aliphatic carbocycles. The SMILES string of the molecule is Cn1nc2c(c1-c1ccccc1)CCN(C(=O)C1CC(=O)Nc3ccccc31)CC2. The van der Waals surface area contributed by atoms with Crippen molar-refractivity contribution in [1.82, 2.24) is 14.7 Å². The van der Waals surface area contributed by atoms with Crippen LogP contribution in [0.15, 0.2) is 54.6 Å². The zero-order valence-electron chi connectivity index (χ0n) is 17.0. The molecule has 0 radical (unpaired) electrons. The summed E-state index contributed by atoms with van der Waals surface area (Å²) in [5.74, 6) is -0.480. The molecule has 6 heteroatoms. The van der Waals surface area contributed by atoms with Crippen molar-refractivity contribution in [1.29, 1.82) is 0 Å². The lowest BCUT2D eigenvalue weighted by Crippen LogP contribution is -2.40. The lowest BCUT2D eigenvalue weighted by atomic mass is 9.89. The van der Waals surface area contributed by atoms with Crippen molar-refractivity contribution in [2.24, 2.45) is 7.05 Å². The van der Waals surface area contributed by atoms with Crippen molar-refractivity contribution in [2.75, 3.05) is 18.4 Å². The van der Waals surface area contributed by atoms with Crippen molar-refractivity contribution in [3.8, 4) is 11.3 Å². The van der Waals surface area contributed by atoms with Gasteiger partial charge in [0.15, 0.2) is 0 Å². The minimum absolute atomic E-state index is 0.0353. The second-order valence-electron chi connectivity index (χ2n) is 7.98. The summed E-state index contributed by atoms with van der Waals surface area (Å²) in [7, 11) is 1.98. The molecule has 152 valence electrons. The van der Waals surface area contributed by atoms with Crippen LogP contribution in [0.1, 0.15) is 29.2 Å². The highest BCUT2D eigenvalue weighted by atomic mass is 16.2. The Hall–Kier alpha value is -3.41. The van der Waals surface area contributed by atoms with Crippen LogP contribution in [0.5, 0.6) is 0 Å². The van der Waals surface area contributed by atoms with Crippen LogP contribution in [0.25, 0.3) is 11.3 Å². The van der Waals surface area contributed by atoms with E-state index in [-0.39, 0.29) is 18.2 Å². The molecule has 2 aromatic carbocycles. The molecule has 30 heavy (non-hydrogen) atoms. The first-order valence-corrected chi connectivity index (χ1v) is 10.4. The highest BCUT2D eigenvalue weighted by Crippen LogP contribution is 2.34. The summed E-state index contributed by atoms with van der Waals surface area (Å²) < 4.78 is 1.96. The van der Waals surface area contributed by atoms with Crippen LogP contribution in [0.4, 0.5) is 5.69 Å². The van der Waals surface area contributed by atoms with Gasteiger partial charge in [0.2, 0.25) is 11.8 Å². The van der Waals surface area contributed by atoms with E-state index < -0.39 is 5.92 Å². The van der Waals surface area contributed by atoms with Crippen molar-refractivity contribution < 1.29 is 9.59 Å². The smallest absolute Gasteiger partial charge is 0.230 e. The van der Waals surface area contributed by atoms with Crippen LogP contribution in [0, 0.1) is 0 Å². The first-order valence-electron chi connectivity index (χ1n) is 10.4. The van der Waals surface area contributed by atoms with Gasteiger partial charge in [-0.15, -0.1) is 0 Å². The molecule has 0 fully saturated rings. The van der Waals surface area contributed by atoms with Gasteiger partial charge in [-0.25, -0.2) is 0 Å². The number of hydrogen-bond acceptors (Lipinski definition) is 3. The highest BCUT2D eigenvalue weighted by Gasteiger charge is 2.34. The average Bonchev–Trinajstić information content (AvgIpc) is 2.94. The van der Waals surface area contributed by atoms with Gasteiger partial charge in [0.05, 0.1) is 17.3 Å². The van der Waals surface area contributed by atoms with Crippen molar-refractivity contribution in [3.05, 3.63) is 71.4 Å². The number of aryl methyl sites for hydroxylation is 1. The van der Waals surface area contributed by atoms with E-state index in [4.69, 9.17) is 5.10 Å². The second kappa shape index (κ2) is 7.44. The Kier molecular flexibility index (Phi) is 4.62. The molecular weight excluding hydrogens is 376 g/mol. The number of fused-ring (bicyclic) bond motifs is 2. The molecule has 1 N–H and O–H groups in total. The van der Waals surface area contributed by atoms with Gasteiger partial charge in [-0.05, 0) is 18.1 Å². The zero-order chi connectivity index (χ0) is 20.7. The van der Waals surface area contributed by atoms with Crippen molar-refractivity contribution >= 4 is 17.5 Å². The van der Waals surface area contributed by atoms with Gasteiger partial charge in [-0.2, -0.15) is 5.10 Å². The number of anilines is 1. The lowest BCUT2D eigenvalue weighted by molar-refractivity contribution is -0.134. The summed E-state index contributed by atoms with van der Waals surface area (Å²) in [6.45, 7) is 1.26. The number of hydrogen-bond donors (Lipinski definition) is 1. The quantitative estimate of drug-likeness (QED) is 0.719. The van der Waals surface area contributed by atoms with Crippen LogP contribution in [-0.4, -0.2) is 39.6 Å². The van der Waals surface area contributed by atoms with E-state index in [1.807, 2.05) is 59.1 Å². The van der Waals surface area contributed by atoms with E-state index in [0.717, 1.165) is 41.0 Å². The van der Waals surface area contributed by atoms with Gasteiger partial charge in [0.25, 0.3) is 0 Å². The first-order chi connectivity index (χ1) is 14.6. The molecular formula is C24H24N4O2. The molecule has 5 rings (SSSR count). The van der Waals surface area contributed by atoms with E-state index in [0.29, 0.717) is 13.1 Å². The number of para-hydroxylation sites is 1. The van der Waals surface area contributed by atoms with Gasteiger partial charge in [0, 0.05) is 49.8 Å². The van der Waals surface area contributed by atoms with Gasteiger partial charge in [0.1, 0.15) is 0 Å². The van der Waals surface area contributed by atoms with Gasteiger partial charge in [-0.1, -0.05) is 48.5 Å². The summed E-state index contributed by atoms with van der Waals surface area (Å²) in [5, 5.41) is 7.64. The van der Waals surface area contributed by atoms with Crippen molar-refractivity contribution in [2.45, 2.75) is 25.2 Å². The van der Waals surface area contributed by atoms with E-state index in [1.165, 1.54) is 5.56 Å². The molecule has 3 aromatic rings. The van der Waals surface area contributed by atoms with Crippen molar-refractivity contribution in [3.63, 3.8) is 0 Å². The van der Waals surface area contributed by atoms with E-state index >= 15 is 0 Å². The summed E-state index contributed by atoms with van der Waals surface area (Å²) in [5.41, 5.74) is 6.22. The molecule has 0 spiro atoms. The summed E-state index contributed by atoms with van der Waals surface area (Å²) in [4.78, 5) is 27.5. The predicted octanol–water partition coefficient (Wildman–Crippen LogP) is 3.14. The third kappa shape index (κ3) is 3.18. The van der Waals surface area contributed by atoms with Crippen LogP contribution < -0.4 is 5.32 Å². The van der Waals surface area contributed by atoms with Crippen LogP contribution in [0.3, 0.4) is 0 Å². The van der Waals surface area contributed by atoms with Gasteiger partial charge in [-0.3, -0.25) is 14.3 Å². The Labute approximate surface area is 175 Å². The molecule has 0 saturated heterocycles. The number of nitrogens with zero attached hydrogens (tertiary/aromatic N) is 3. The Morgan fingerprint density at radius 3 is 2.60 bits per heavy atom. The maximum atomic E-state index is 13.4. The zero-order valence-corrected chi connectivity index (χ0v) is 17.0.